The molecule has 1 aliphatic heterocycles. The molecule has 5 heteroatoms. The molecule has 2 rings (SSSR count). The number of hydrogen-bond acceptors (Lipinski definition) is 4. The number of carbonyl (C=O) groups excluding carboxylic acids is 1. The fourth-order valence-corrected chi connectivity index (χ4v) is 1.87. The predicted molar refractivity (Wildman–Crippen MR) is 70.5 cm³/mol. The summed E-state index contributed by atoms with van der Waals surface area (Å²) in [7, 11) is 1.62. The van der Waals surface area contributed by atoms with Gasteiger partial charge in [-0.2, -0.15) is 0 Å². The van der Waals surface area contributed by atoms with Gasteiger partial charge < -0.3 is 14.2 Å². The first kappa shape index (κ1) is 13.5. The molecule has 5 nitrogen and oxygen atoms in total. The minimum Gasteiger partial charge on any atom is -0.497 e. The standard InChI is InChI=1S/C14H19NO4/c1-14(2,3)19-13(16)15-12-8-9-7-10(17-4)5-6-11(9)18-12/h5-7,12H,8H2,1-4H3,(H,15,16). The van der Waals surface area contributed by atoms with Crippen LogP contribution in [0.25, 0.3) is 0 Å². The van der Waals surface area contributed by atoms with Gasteiger partial charge in [0, 0.05) is 12.0 Å². The molecule has 0 bridgehead atoms. The predicted octanol–water partition coefficient (Wildman–Crippen LogP) is 2.48. The van der Waals surface area contributed by atoms with Crippen molar-refractivity contribution in [2.75, 3.05) is 7.11 Å². The molecule has 0 saturated carbocycles. The first-order chi connectivity index (χ1) is 8.87. The van der Waals surface area contributed by atoms with Crippen molar-refractivity contribution in [1.29, 1.82) is 0 Å². The van der Waals surface area contributed by atoms with Crippen molar-refractivity contribution < 1.29 is 19.0 Å². The normalized spacial score (nSPS) is 17.4. The maximum Gasteiger partial charge on any atom is 0.410 e. The number of carbonyl (C=O) groups is 1. The quantitative estimate of drug-likeness (QED) is 0.892. The average molecular weight is 265 g/mol. The molecule has 1 aromatic carbocycles. The van der Waals surface area contributed by atoms with Crippen LogP contribution in [0.1, 0.15) is 26.3 Å². The van der Waals surface area contributed by atoms with Crippen LogP contribution in [0.5, 0.6) is 11.5 Å². The number of fused-ring (bicyclic) bond motifs is 1. The third-order valence-electron chi connectivity index (χ3n) is 2.62. The van der Waals surface area contributed by atoms with Gasteiger partial charge in [-0.15, -0.1) is 0 Å². The lowest BCUT2D eigenvalue weighted by atomic mass is 10.1. The first-order valence-corrected chi connectivity index (χ1v) is 6.20. The van der Waals surface area contributed by atoms with E-state index in [-0.39, 0.29) is 0 Å². The second-order valence-electron chi connectivity index (χ2n) is 5.43. The second kappa shape index (κ2) is 4.99. The minimum absolute atomic E-state index is 0.392. The van der Waals surface area contributed by atoms with Crippen LogP contribution in [0, 0.1) is 0 Å². The summed E-state index contributed by atoms with van der Waals surface area (Å²) >= 11 is 0. The Bertz CT molecular complexity index is 479. The second-order valence-corrected chi connectivity index (χ2v) is 5.43. The fraction of sp³-hybridized carbons (Fsp3) is 0.500. The number of hydrogen-bond donors (Lipinski definition) is 1. The SMILES string of the molecule is COc1ccc2c(c1)CC(NC(=O)OC(C)(C)C)O2. The Hall–Kier alpha value is -1.91. The van der Waals surface area contributed by atoms with E-state index in [1.54, 1.807) is 7.11 Å². The Kier molecular flexibility index (Phi) is 3.55. The number of amides is 1. The number of alkyl carbamates (subject to hydrolysis) is 1. The highest BCUT2D eigenvalue weighted by molar-refractivity contribution is 5.68. The maximum absolute atomic E-state index is 11.7. The van der Waals surface area contributed by atoms with Crippen LogP contribution < -0.4 is 14.8 Å². The molecular weight excluding hydrogens is 246 g/mol. The van der Waals surface area contributed by atoms with Crippen molar-refractivity contribution in [3.8, 4) is 11.5 Å². The molecular formula is C14H19NO4. The lowest BCUT2D eigenvalue weighted by molar-refractivity contribution is 0.0418. The summed E-state index contributed by atoms with van der Waals surface area (Å²) in [5.41, 5.74) is 0.499. The van der Waals surface area contributed by atoms with Crippen LogP contribution in [-0.4, -0.2) is 25.0 Å². The minimum atomic E-state index is -0.515. The summed E-state index contributed by atoms with van der Waals surface area (Å²) in [5.74, 6) is 1.54. The molecule has 1 aromatic rings. The molecule has 0 spiro atoms. The highest BCUT2D eigenvalue weighted by Crippen LogP contribution is 2.31. The maximum atomic E-state index is 11.7. The van der Waals surface area contributed by atoms with E-state index in [0.717, 1.165) is 17.1 Å². The number of methoxy groups -OCH3 is 1. The van der Waals surface area contributed by atoms with Gasteiger partial charge in [-0.25, -0.2) is 4.79 Å². The first-order valence-electron chi connectivity index (χ1n) is 6.20. The van der Waals surface area contributed by atoms with Gasteiger partial charge in [0.05, 0.1) is 7.11 Å². The molecule has 1 aliphatic rings. The van der Waals surface area contributed by atoms with E-state index in [4.69, 9.17) is 14.2 Å². The number of benzene rings is 1. The summed E-state index contributed by atoms with van der Waals surface area (Å²) in [5, 5.41) is 2.70. The largest absolute Gasteiger partial charge is 0.497 e. The number of rotatable bonds is 2. The van der Waals surface area contributed by atoms with E-state index >= 15 is 0 Å². The Labute approximate surface area is 112 Å². The van der Waals surface area contributed by atoms with E-state index in [1.165, 1.54) is 0 Å². The third-order valence-corrected chi connectivity index (χ3v) is 2.62. The Morgan fingerprint density at radius 1 is 1.42 bits per heavy atom. The van der Waals surface area contributed by atoms with Crippen molar-refractivity contribution in [3.63, 3.8) is 0 Å². The van der Waals surface area contributed by atoms with Crippen LogP contribution in [0.3, 0.4) is 0 Å². The van der Waals surface area contributed by atoms with Crippen LogP contribution in [0.2, 0.25) is 0 Å². The molecule has 1 N–H and O–H groups in total. The van der Waals surface area contributed by atoms with Crippen LogP contribution >= 0.6 is 0 Å². The zero-order valence-corrected chi connectivity index (χ0v) is 11.6. The molecule has 0 aromatic heterocycles. The van der Waals surface area contributed by atoms with Gasteiger partial charge in [-0.3, -0.25) is 5.32 Å². The van der Waals surface area contributed by atoms with E-state index in [2.05, 4.69) is 5.32 Å². The molecule has 0 aliphatic carbocycles. The fourth-order valence-electron chi connectivity index (χ4n) is 1.87. The van der Waals surface area contributed by atoms with Gasteiger partial charge >= 0.3 is 6.09 Å². The van der Waals surface area contributed by atoms with E-state index in [1.807, 2.05) is 39.0 Å². The molecule has 0 fully saturated rings. The highest BCUT2D eigenvalue weighted by Gasteiger charge is 2.26. The van der Waals surface area contributed by atoms with Crippen molar-refractivity contribution in [1.82, 2.24) is 5.32 Å². The lowest BCUT2D eigenvalue weighted by Crippen LogP contribution is -2.41. The van der Waals surface area contributed by atoms with E-state index < -0.39 is 17.9 Å². The van der Waals surface area contributed by atoms with Gasteiger partial charge in [0.1, 0.15) is 17.1 Å². The zero-order chi connectivity index (χ0) is 14.0. The Morgan fingerprint density at radius 3 is 2.79 bits per heavy atom. The molecule has 1 atom stereocenters. The van der Waals surface area contributed by atoms with Gasteiger partial charge in [-0.1, -0.05) is 0 Å². The summed E-state index contributed by atoms with van der Waals surface area (Å²) in [6.07, 6.45) is -0.264. The monoisotopic (exact) mass is 265 g/mol. The Morgan fingerprint density at radius 2 is 2.16 bits per heavy atom. The van der Waals surface area contributed by atoms with Crippen LogP contribution in [0.15, 0.2) is 18.2 Å². The average Bonchev–Trinajstić information content (AvgIpc) is 2.66. The van der Waals surface area contributed by atoms with E-state index in [0.29, 0.717) is 6.42 Å². The molecule has 0 radical (unpaired) electrons. The summed E-state index contributed by atoms with van der Waals surface area (Å²) < 4.78 is 16.0. The molecule has 1 unspecified atom stereocenters. The topological polar surface area (TPSA) is 56.8 Å². The van der Waals surface area contributed by atoms with E-state index in [9.17, 15) is 4.79 Å². The molecule has 1 heterocycles. The van der Waals surface area contributed by atoms with Crippen molar-refractivity contribution in [3.05, 3.63) is 23.8 Å². The van der Waals surface area contributed by atoms with Gasteiger partial charge in [0.15, 0.2) is 6.23 Å². The summed E-state index contributed by atoms with van der Waals surface area (Å²) in [4.78, 5) is 11.7. The molecule has 1 amide bonds. The number of ether oxygens (including phenoxy) is 3. The zero-order valence-electron chi connectivity index (χ0n) is 11.6. The Balaban J connectivity index is 1.95. The lowest BCUT2D eigenvalue weighted by Gasteiger charge is -2.21. The van der Waals surface area contributed by atoms with Gasteiger partial charge in [0.25, 0.3) is 0 Å². The van der Waals surface area contributed by atoms with Gasteiger partial charge in [0.2, 0.25) is 0 Å². The molecule has 19 heavy (non-hydrogen) atoms. The third kappa shape index (κ3) is 3.53. The van der Waals surface area contributed by atoms with Crippen LogP contribution in [0.4, 0.5) is 4.79 Å². The highest BCUT2D eigenvalue weighted by atomic mass is 16.6. The van der Waals surface area contributed by atoms with Crippen molar-refractivity contribution >= 4 is 6.09 Å². The summed E-state index contributed by atoms with van der Waals surface area (Å²) in [6.45, 7) is 5.46. The smallest absolute Gasteiger partial charge is 0.410 e. The summed E-state index contributed by atoms with van der Waals surface area (Å²) in [6, 6.07) is 5.58. The van der Waals surface area contributed by atoms with Crippen molar-refractivity contribution in [2.24, 2.45) is 0 Å². The van der Waals surface area contributed by atoms with Gasteiger partial charge in [-0.05, 0) is 39.0 Å². The molecule has 104 valence electrons. The molecule has 0 saturated heterocycles. The number of nitrogens with one attached hydrogen (secondary N) is 1. The van der Waals surface area contributed by atoms with Crippen LogP contribution in [-0.2, 0) is 11.2 Å². The van der Waals surface area contributed by atoms with Crippen molar-refractivity contribution in [2.45, 2.75) is 39.0 Å².